The molecule has 2 aromatic heterocycles. The van der Waals surface area contributed by atoms with Gasteiger partial charge >= 0.3 is 5.69 Å². The molecule has 0 bridgehead atoms. The van der Waals surface area contributed by atoms with Gasteiger partial charge in [0.25, 0.3) is 5.56 Å². The van der Waals surface area contributed by atoms with Gasteiger partial charge in [0, 0.05) is 6.20 Å². The Morgan fingerprint density at radius 1 is 1.33 bits per heavy atom. The molecule has 15 heavy (non-hydrogen) atoms. The van der Waals surface area contributed by atoms with Gasteiger partial charge in [0.15, 0.2) is 0 Å². The van der Waals surface area contributed by atoms with Crippen molar-refractivity contribution in [3.63, 3.8) is 0 Å². The van der Waals surface area contributed by atoms with Crippen molar-refractivity contribution in [1.82, 2.24) is 19.7 Å². The van der Waals surface area contributed by atoms with E-state index in [4.69, 9.17) is 0 Å². The highest BCUT2D eigenvalue weighted by atomic mass is 16.2. The second-order valence-corrected chi connectivity index (χ2v) is 2.92. The van der Waals surface area contributed by atoms with Crippen LogP contribution in [0.4, 0.5) is 0 Å². The number of rotatable bonds is 2. The normalized spacial score (nSPS) is 10.1. The summed E-state index contributed by atoms with van der Waals surface area (Å²) in [4.78, 5) is 26.6. The molecule has 0 amide bonds. The maximum absolute atomic E-state index is 11.3. The van der Waals surface area contributed by atoms with Crippen molar-refractivity contribution in [2.24, 2.45) is 0 Å². The summed E-state index contributed by atoms with van der Waals surface area (Å²) >= 11 is 0. The summed E-state index contributed by atoms with van der Waals surface area (Å²) < 4.78 is 1.04. The lowest BCUT2D eigenvalue weighted by Gasteiger charge is -2.01. The van der Waals surface area contributed by atoms with E-state index < -0.39 is 11.2 Å². The van der Waals surface area contributed by atoms with E-state index in [1.165, 1.54) is 0 Å². The molecule has 76 valence electrons. The molecule has 0 saturated carbocycles. The molecule has 1 N–H and O–H groups in total. The predicted octanol–water partition coefficient (Wildman–Crippen LogP) is -0.625. The van der Waals surface area contributed by atoms with E-state index in [-0.39, 0.29) is 6.54 Å². The smallest absolute Gasteiger partial charge is 0.267 e. The Morgan fingerprint density at radius 2 is 2.20 bits per heavy atom. The SMILES string of the molecule is O=c1cn[nH]c(=O)n1Cc1ccccn1. The van der Waals surface area contributed by atoms with Gasteiger partial charge in [-0.3, -0.25) is 14.3 Å². The Bertz CT molecular complexity index is 530. The summed E-state index contributed by atoms with van der Waals surface area (Å²) in [5.74, 6) is 0. The van der Waals surface area contributed by atoms with Gasteiger partial charge < -0.3 is 0 Å². The molecule has 6 nitrogen and oxygen atoms in total. The standard InChI is InChI=1S/C9H8N4O2/c14-8-5-11-12-9(15)13(8)6-7-3-1-2-4-10-7/h1-5H,6H2,(H,12,15). The van der Waals surface area contributed by atoms with Gasteiger partial charge in [-0.25, -0.2) is 9.89 Å². The van der Waals surface area contributed by atoms with Crippen molar-refractivity contribution >= 4 is 0 Å². The van der Waals surface area contributed by atoms with Crippen molar-refractivity contribution in [3.05, 3.63) is 57.1 Å². The highest BCUT2D eigenvalue weighted by Crippen LogP contribution is 1.92. The molecule has 0 aliphatic heterocycles. The third-order valence-electron chi connectivity index (χ3n) is 1.89. The second kappa shape index (κ2) is 3.87. The summed E-state index contributed by atoms with van der Waals surface area (Å²) in [5, 5.41) is 5.59. The molecular weight excluding hydrogens is 196 g/mol. The fraction of sp³-hybridized carbons (Fsp3) is 0.111. The minimum Gasteiger partial charge on any atom is -0.267 e. The second-order valence-electron chi connectivity index (χ2n) is 2.92. The maximum atomic E-state index is 11.3. The molecule has 0 aliphatic rings. The zero-order valence-corrected chi connectivity index (χ0v) is 7.75. The predicted molar refractivity (Wildman–Crippen MR) is 52.5 cm³/mol. The molecule has 0 spiro atoms. The van der Waals surface area contributed by atoms with Crippen LogP contribution in [-0.4, -0.2) is 19.7 Å². The van der Waals surface area contributed by atoms with Crippen LogP contribution in [0.3, 0.4) is 0 Å². The van der Waals surface area contributed by atoms with Gasteiger partial charge in [-0.05, 0) is 12.1 Å². The molecular formula is C9H8N4O2. The molecule has 2 rings (SSSR count). The number of aromatic nitrogens is 4. The van der Waals surface area contributed by atoms with Gasteiger partial charge in [-0.1, -0.05) is 6.07 Å². The van der Waals surface area contributed by atoms with Gasteiger partial charge in [0.1, 0.15) is 6.20 Å². The lowest BCUT2D eigenvalue weighted by atomic mass is 10.3. The van der Waals surface area contributed by atoms with E-state index in [1.807, 2.05) is 0 Å². The maximum Gasteiger partial charge on any atom is 0.345 e. The Morgan fingerprint density at radius 3 is 2.87 bits per heavy atom. The fourth-order valence-corrected chi connectivity index (χ4v) is 1.18. The molecule has 0 fully saturated rings. The lowest BCUT2D eigenvalue weighted by Crippen LogP contribution is -2.35. The molecule has 0 aliphatic carbocycles. The zero-order valence-electron chi connectivity index (χ0n) is 7.75. The first-order valence-electron chi connectivity index (χ1n) is 4.32. The molecule has 0 radical (unpaired) electrons. The largest absolute Gasteiger partial charge is 0.345 e. The van der Waals surface area contributed by atoms with Crippen molar-refractivity contribution in [2.75, 3.05) is 0 Å². The van der Waals surface area contributed by atoms with E-state index in [1.54, 1.807) is 24.4 Å². The fourth-order valence-electron chi connectivity index (χ4n) is 1.18. The topological polar surface area (TPSA) is 80.6 Å². The van der Waals surface area contributed by atoms with Crippen LogP contribution in [0.1, 0.15) is 5.69 Å². The third-order valence-corrected chi connectivity index (χ3v) is 1.89. The van der Waals surface area contributed by atoms with Crippen molar-refractivity contribution < 1.29 is 0 Å². The van der Waals surface area contributed by atoms with Crippen LogP contribution in [0.2, 0.25) is 0 Å². The van der Waals surface area contributed by atoms with Crippen molar-refractivity contribution in [2.45, 2.75) is 6.54 Å². The molecule has 0 atom stereocenters. The van der Waals surface area contributed by atoms with Crippen LogP contribution in [0.15, 0.2) is 40.2 Å². The minimum atomic E-state index is -0.534. The number of aromatic amines is 1. The number of nitrogens with zero attached hydrogens (tertiary/aromatic N) is 3. The van der Waals surface area contributed by atoms with Crippen LogP contribution in [-0.2, 0) is 6.54 Å². The van der Waals surface area contributed by atoms with Crippen LogP contribution in [0.25, 0.3) is 0 Å². The first-order chi connectivity index (χ1) is 7.27. The minimum absolute atomic E-state index is 0.150. The highest BCUT2D eigenvalue weighted by molar-refractivity contribution is 5.03. The molecule has 0 saturated heterocycles. The molecule has 2 heterocycles. The van der Waals surface area contributed by atoms with E-state index in [0.29, 0.717) is 5.69 Å². The van der Waals surface area contributed by atoms with E-state index in [9.17, 15) is 9.59 Å². The molecule has 0 unspecified atom stereocenters. The van der Waals surface area contributed by atoms with Crippen LogP contribution < -0.4 is 11.2 Å². The van der Waals surface area contributed by atoms with Crippen LogP contribution >= 0.6 is 0 Å². The number of pyridine rings is 1. The first kappa shape index (κ1) is 9.32. The van der Waals surface area contributed by atoms with Crippen molar-refractivity contribution in [1.29, 1.82) is 0 Å². The van der Waals surface area contributed by atoms with Crippen molar-refractivity contribution in [3.8, 4) is 0 Å². The number of H-pyrrole nitrogens is 1. The molecule has 6 heteroatoms. The lowest BCUT2D eigenvalue weighted by molar-refractivity contribution is 0.656. The van der Waals surface area contributed by atoms with E-state index in [0.717, 1.165) is 10.8 Å². The Kier molecular flexibility index (Phi) is 2.40. The summed E-state index contributed by atoms with van der Waals surface area (Å²) in [6, 6.07) is 5.30. The number of hydrogen-bond acceptors (Lipinski definition) is 4. The van der Waals surface area contributed by atoms with Crippen LogP contribution in [0.5, 0.6) is 0 Å². The highest BCUT2D eigenvalue weighted by Gasteiger charge is 2.02. The van der Waals surface area contributed by atoms with Crippen LogP contribution in [0, 0.1) is 0 Å². The van der Waals surface area contributed by atoms with Gasteiger partial charge in [-0.2, -0.15) is 5.10 Å². The summed E-state index contributed by atoms with van der Waals surface area (Å²) in [7, 11) is 0. The van der Waals surface area contributed by atoms with Gasteiger partial charge in [0.2, 0.25) is 0 Å². The van der Waals surface area contributed by atoms with E-state index in [2.05, 4.69) is 15.2 Å². The first-order valence-corrected chi connectivity index (χ1v) is 4.32. The monoisotopic (exact) mass is 204 g/mol. The molecule has 0 aromatic carbocycles. The average molecular weight is 204 g/mol. The summed E-state index contributed by atoms with van der Waals surface area (Å²) in [5.41, 5.74) is -0.325. The molecule has 2 aromatic rings. The Hall–Kier alpha value is -2.24. The van der Waals surface area contributed by atoms with E-state index >= 15 is 0 Å². The Balaban J connectivity index is 2.41. The zero-order chi connectivity index (χ0) is 10.7. The summed E-state index contributed by atoms with van der Waals surface area (Å²) in [6.07, 6.45) is 2.67. The average Bonchev–Trinajstić information content (AvgIpc) is 2.25. The Labute approximate surface area is 84.2 Å². The quantitative estimate of drug-likeness (QED) is 0.706. The third kappa shape index (κ3) is 1.98. The van der Waals surface area contributed by atoms with Gasteiger partial charge in [0.05, 0.1) is 12.2 Å². The van der Waals surface area contributed by atoms with Gasteiger partial charge in [-0.15, -0.1) is 0 Å². The number of hydrogen-bond donors (Lipinski definition) is 1. The summed E-state index contributed by atoms with van der Waals surface area (Å²) in [6.45, 7) is 0.150. The number of nitrogens with one attached hydrogen (secondary N) is 1.